The minimum atomic E-state index is -0.849. The van der Waals surface area contributed by atoms with E-state index in [1.807, 2.05) is 0 Å². The van der Waals surface area contributed by atoms with Crippen molar-refractivity contribution in [1.82, 2.24) is 20.0 Å². The zero-order chi connectivity index (χ0) is 18.5. The summed E-state index contributed by atoms with van der Waals surface area (Å²) in [6.07, 6.45) is 0.828. The lowest BCUT2D eigenvalue weighted by molar-refractivity contribution is 0.303. The molecule has 11 nitrogen and oxygen atoms in total. The van der Waals surface area contributed by atoms with Crippen LogP contribution in [0.1, 0.15) is 17.7 Å². The van der Waals surface area contributed by atoms with Crippen LogP contribution in [0, 0.1) is 17.1 Å². The molecule has 2 aromatic heterocycles. The minimum absolute atomic E-state index is 0.00877. The fourth-order valence-electron chi connectivity index (χ4n) is 2.27. The fourth-order valence-corrected chi connectivity index (χ4v) is 2.27. The Morgan fingerprint density at radius 1 is 1.38 bits per heavy atom. The van der Waals surface area contributed by atoms with Gasteiger partial charge in [-0.05, 0) is 41.7 Å². The fraction of sp³-hybridized carbons (Fsp3) is 0.214. The second-order valence-corrected chi connectivity index (χ2v) is 5.00. The molecule has 12 heteroatoms. The predicted molar refractivity (Wildman–Crippen MR) is 82.4 cm³/mol. The molecule has 3 aromatic rings. The summed E-state index contributed by atoms with van der Waals surface area (Å²) in [5, 5.41) is 23.5. The molecular formula is C14H9FN8O3. The van der Waals surface area contributed by atoms with Crippen molar-refractivity contribution in [3.63, 3.8) is 0 Å². The average Bonchev–Trinajstić information content (AvgIpc) is 3.25. The average molecular weight is 356 g/mol. The van der Waals surface area contributed by atoms with Gasteiger partial charge in [0.1, 0.15) is 17.6 Å². The molecule has 130 valence electrons. The summed E-state index contributed by atoms with van der Waals surface area (Å²) in [5.41, 5.74) is 8.75. The quantitative estimate of drug-likeness (QED) is 0.283. The van der Waals surface area contributed by atoms with Gasteiger partial charge in [0, 0.05) is 11.5 Å². The van der Waals surface area contributed by atoms with Crippen molar-refractivity contribution in [2.45, 2.75) is 12.8 Å². The van der Waals surface area contributed by atoms with Gasteiger partial charge in [-0.1, -0.05) is 15.4 Å². The second-order valence-electron chi connectivity index (χ2n) is 5.00. The van der Waals surface area contributed by atoms with Gasteiger partial charge in [-0.25, -0.2) is 18.4 Å². The first kappa shape index (κ1) is 16.9. The molecular weight excluding hydrogens is 347 g/mol. The Hall–Kier alpha value is -3.97. The smallest absolute Gasteiger partial charge is 0.295 e. The molecule has 0 spiro atoms. The molecule has 0 bridgehead atoms. The van der Waals surface area contributed by atoms with E-state index >= 15 is 0 Å². The number of hydrogen-bond acceptors (Lipinski definition) is 8. The third kappa shape index (κ3) is 3.14. The van der Waals surface area contributed by atoms with Crippen molar-refractivity contribution < 1.29 is 13.5 Å². The Kier molecular flexibility index (Phi) is 4.73. The van der Waals surface area contributed by atoms with E-state index in [0.29, 0.717) is 18.5 Å². The monoisotopic (exact) mass is 356 g/mol. The van der Waals surface area contributed by atoms with Crippen molar-refractivity contribution in [3.8, 4) is 23.3 Å². The largest absolute Gasteiger partial charge is 0.446 e. The van der Waals surface area contributed by atoms with Crippen LogP contribution in [0.4, 0.5) is 4.39 Å². The van der Waals surface area contributed by atoms with Crippen LogP contribution in [0.25, 0.3) is 27.6 Å². The summed E-state index contributed by atoms with van der Waals surface area (Å²) in [6.45, 7) is 0.248. The first-order chi connectivity index (χ1) is 12.7. The Morgan fingerprint density at radius 3 is 3.00 bits per heavy atom. The van der Waals surface area contributed by atoms with Crippen LogP contribution in [-0.4, -0.2) is 26.6 Å². The van der Waals surface area contributed by atoms with Gasteiger partial charge in [0.25, 0.3) is 0 Å². The van der Waals surface area contributed by atoms with Crippen LogP contribution in [-0.2, 0) is 6.42 Å². The summed E-state index contributed by atoms with van der Waals surface area (Å²) < 4.78 is 23.9. The SMILES string of the molecule is N#Cc1cc(-n2c(-c3nonc3CCCN=[N+]=[N-])noc2=O)ccc1F. The topological polar surface area (TPSA) is 160 Å². The standard InChI is InChI=1S/C14H9FN8O3/c15-10-4-3-9(6-8(10)7-16)23-13(21-25-14(23)24)12-11(19-26-20-12)2-1-5-18-22-17/h3-4,6H,1-2,5H2. The molecule has 0 radical (unpaired) electrons. The molecule has 0 atom stereocenters. The molecule has 26 heavy (non-hydrogen) atoms. The van der Waals surface area contributed by atoms with Gasteiger partial charge in [0.2, 0.25) is 5.82 Å². The third-order valence-corrected chi connectivity index (χ3v) is 3.44. The maximum absolute atomic E-state index is 13.5. The lowest BCUT2D eigenvalue weighted by Gasteiger charge is -2.04. The second kappa shape index (κ2) is 7.29. The summed E-state index contributed by atoms with van der Waals surface area (Å²) in [5.74, 6) is -1.58. The predicted octanol–water partition coefficient (Wildman–Crippen LogP) is 2.13. The molecule has 0 fully saturated rings. The Bertz CT molecular complexity index is 1090. The summed E-state index contributed by atoms with van der Waals surface area (Å²) in [6, 6.07) is 5.23. The first-order valence-electron chi connectivity index (χ1n) is 7.27. The normalized spacial score (nSPS) is 10.3. The van der Waals surface area contributed by atoms with Crippen LogP contribution >= 0.6 is 0 Å². The number of aromatic nitrogens is 4. The molecule has 0 saturated carbocycles. The van der Waals surface area contributed by atoms with Crippen molar-refractivity contribution in [2.24, 2.45) is 5.11 Å². The van der Waals surface area contributed by atoms with E-state index in [1.165, 1.54) is 12.1 Å². The number of nitriles is 1. The number of benzene rings is 1. The van der Waals surface area contributed by atoms with E-state index in [1.54, 1.807) is 6.07 Å². The van der Waals surface area contributed by atoms with Crippen molar-refractivity contribution in [2.75, 3.05) is 6.54 Å². The van der Waals surface area contributed by atoms with E-state index in [2.05, 4.69) is 30.0 Å². The molecule has 0 saturated heterocycles. The molecule has 2 heterocycles. The highest BCUT2D eigenvalue weighted by molar-refractivity contribution is 5.56. The summed E-state index contributed by atoms with van der Waals surface area (Å²) in [4.78, 5) is 14.7. The number of halogens is 1. The lowest BCUT2D eigenvalue weighted by Crippen LogP contribution is -2.14. The third-order valence-electron chi connectivity index (χ3n) is 3.44. The molecule has 3 rings (SSSR count). The number of azide groups is 1. The Morgan fingerprint density at radius 2 is 2.23 bits per heavy atom. The molecule has 0 aliphatic carbocycles. The minimum Gasteiger partial charge on any atom is -0.295 e. The maximum atomic E-state index is 13.5. The Labute approximate surface area is 143 Å². The molecule has 0 aliphatic rings. The maximum Gasteiger partial charge on any atom is 0.446 e. The highest BCUT2D eigenvalue weighted by Crippen LogP contribution is 2.22. The van der Waals surface area contributed by atoms with E-state index in [-0.39, 0.29) is 29.3 Å². The van der Waals surface area contributed by atoms with Crippen molar-refractivity contribution in [3.05, 3.63) is 56.3 Å². The van der Waals surface area contributed by atoms with Gasteiger partial charge in [0.05, 0.1) is 11.3 Å². The summed E-state index contributed by atoms with van der Waals surface area (Å²) >= 11 is 0. The molecule has 0 unspecified atom stereocenters. The van der Waals surface area contributed by atoms with Gasteiger partial charge < -0.3 is 0 Å². The van der Waals surface area contributed by atoms with Crippen molar-refractivity contribution in [1.29, 1.82) is 5.26 Å². The van der Waals surface area contributed by atoms with Gasteiger partial charge in [-0.2, -0.15) is 5.26 Å². The number of aryl methyl sites for hydroxylation is 1. The van der Waals surface area contributed by atoms with Crippen LogP contribution in [0.5, 0.6) is 0 Å². The molecule has 0 aliphatic heterocycles. The highest BCUT2D eigenvalue weighted by atomic mass is 19.1. The van der Waals surface area contributed by atoms with Gasteiger partial charge in [-0.3, -0.25) is 4.52 Å². The van der Waals surface area contributed by atoms with Crippen LogP contribution in [0.3, 0.4) is 0 Å². The zero-order valence-electron chi connectivity index (χ0n) is 13.0. The zero-order valence-corrected chi connectivity index (χ0v) is 13.0. The van der Waals surface area contributed by atoms with E-state index in [0.717, 1.165) is 10.6 Å². The number of rotatable bonds is 6. The molecule has 0 N–H and O–H groups in total. The van der Waals surface area contributed by atoms with Crippen LogP contribution < -0.4 is 5.76 Å². The molecule has 0 amide bonds. The number of nitrogens with zero attached hydrogens (tertiary/aromatic N) is 8. The Balaban J connectivity index is 2.02. The first-order valence-corrected chi connectivity index (χ1v) is 7.27. The number of hydrogen-bond donors (Lipinski definition) is 0. The van der Waals surface area contributed by atoms with Crippen molar-refractivity contribution >= 4 is 0 Å². The highest BCUT2D eigenvalue weighted by Gasteiger charge is 2.22. The summed E-state index contributed by atoms with van der Waals surface area (Å²) in [7, 11) is 0. The molecule has 1 aromatic carbocycles. The van der Waals surface area contributed by atoms with E-state index in [9.17, 15) is 9.18 Å². The van der Waals surface area contributed by atoms with Crippen LogP contribution in [0.15, 0.2) is 37.3 Å². The van der Waals surface area contributed by atoms with Gasteiger partial charge >= 0.3 is 5.76 Å². The van der Waals surface area contributed by atoms with E-state index in [4.69, 9.17) is 15.4 Å². The van der Waals surface area contributed by atoms with Gasteiger partial charge in [0.15, 0.2) is 5.69 Å². The van der Waals surface area contributed by atoms with Gasteiger partial charge in [-0.15, -0.1) is 0 Å². The van der Waals surface area contributed by atoms with E-state index < -0.39 is 11.6 Å². The lowest BCUT2D eigenvalue weighted by atomic mass is 10.1. The van der Waals surface area contributed by atoms with Crippen LogP contribution in [0.2, 0.25) is 0 Å².